The monoisotopic (exact) mass is 301 g/mol. The third kappa shape index (κ3) is 3.62. The highest BCUT2D eigenvalue weighted by Crippen LogP contribution is 2.27. The molecule has 0 aliphatic carbocycles. The number of hydrogen-bond donors (Lipinski definition) is 2. The van der Waals surface area contributed by atoms with Gasteiger partial charge in [0.1, 0.15) is 0 Å². The Bertz CT molecular complexity index is 544. The molecule has 0 amide bonds. The maximum Gasteiger partial charge on any atom is 0.242 e. The Kier molecular flexibility index (Phi) is 5.79. The van der Waals surface area contributed by atoms with Crippen molar-refractivity contribution in [1.82, 2.24) is 4.31 Å². The SMILES string of the molecule is CCN(CCCO)c1cc(S(=O)(=O)N(C)C)ccc1N. The molecule has 0 atom stereocenters. The highest BCUT2D eigenvalue weighted by Gasteiger charge is 2.19. The summed E-state index contributed by atoms with van der Waals surface area (Å²) in [4.78, 5) is 2.18. The molecule has 0 bridgehead atoms. The number of nitrogens with two attached hydrogens (primary N) is 1. The first-order chi connectivity index (χ1) is 9.34. The van der Waals surface area contributed by atoms with E-state index in [0.717, 1.165) is 0 Å². The van der Waals surface area contributed by atoms with Gasteiger partial charge < -0.3 is 15.7 Å². The molecular formula is C13H23N3O3S. The largest absolute Gasteiger partial charge is 0.397 e. The first-order valence-electron chi connectivity index (χ1n) is 6.52. The summed E-state index contributed by atoms with van der Waals surface area (Å²) in [6, 6.07) is 4.70. The summed E-state index contributed by atoms with van der Waals surface area (Å²) < 4.78 is 25.5. The molecule has 3 N–H and O–H groups in total. The molecule has 20 heavy (non-hydrogen) atoms. The average Bonchev–Trinajstić information content (AvgIpc) is 2.40. The summed E-state index contributed by atoms with van der Waals surface area (Å²) in [5.74, 6) is 0. The Hall–Kier alpha value is -1.31. The number of anilines is 2. The molecule has 0 saturated heterocycles. The van der Waals surface area contributed by atoms with Gasteiger partial charge in [-0.3, -0.25) is 0 Å². The summed E-state index contributed by atoms with van der Waals surface area (Å²) in [5.41, 5.74) is 7.16. The van der Waals surface area contributed by atoms with Crippen LogP contribution in [-0.4, -0.2) is 51.6 Å². The number of aliphatic hydroxyl groups is 1. The lowest BCUT2D eigenvalue weighted by Gasteiger charge is -2.25. The summed E-state index contributed by atoms with van der Waals surface area (Å²) in [6.07, 6.45) is 0.609. The van der Waals surface area contributed by atoms with E-state index in [1.807, 2.05) is 11.8 Å². The minimum absolute atomic E-state index is 0.0894. The fourth-order valence-corrected chi connectivity index (χ4v) is 2.80. The van der Waals surface area contributed by atoms with Crippen molar-refractivity contribution in [3.8, 4) is 0 Å². The number of aliphatic hydroxyl groups excluding tert-OH is 1. The molecule has 6 nitrogen and oxygen atoms in total. The zero-order chi connectivity index (χ0) is 15.3. The van der Waals surface area contributed by atoms with Gasteiger partial charge in [0.2, 0.25) is 10.0 Å². The molecule has 114 valence electrons. The second-order valence-corrected chi connectivity index (χ2v) is 6.82. The Morgan fingerprint density at radius 1 is 1.30 bits per heavy atom. The fourth-order valence-electron chi connectivity index (χ4n) is 1.88. The number of hydrogen-bond acceptors (Lipinski definition) is 5. The van der Waals surface area contributed by atoms with Crippen LogP contribution in [0, 0.1) is 0 Å². The number of sulfonamides is 1. The minimum Gasteiger partial charge on any atom is -0.397 e. The van der Waals surface area contributed by atoms with E-state index >= 15 is 0 Å². The van der Waals surface area contributed by atoms with Crippen molar-refractivity contribution in [3.63, 3.8) is 0 Å². The average molecular weight is 301 g/mol. The van der Waals surface area contributed by atoms with Crippen LogP contribution >= 0.6 is 0 Å². The third-order valence-corrected chi connectivity index (χ3v) is 4.90. The highest BCUT2D eigenvalue weighted by molar-refractivity contribution is 7.89. The van der Waals surface area contributed by atoms with Crippen LogP contribution in [0.3, 0.4) is 0 Å². The number of benzene rings is 1. The van der Waals surface area contributed by atoms with Crippen LogP contribution in [-0.2, 0) is 10.0 Å². The van der Waals surface area contributed by atoms with E-state index in [9.17, 15) is 8.42 Å². The number of nitrogen functional groups attached to an aromatic ring is 1. The lowest BCUT2D eigenvalue weighted by molar-refractivity contribution is 0.289. The Morgan fingerprint density at radius 3 is 2.45 bits per heavy atom. The van der Waals surface area contributed by atoms with E-state index in [1.54, 1.807) is 12.1 Å². The second kappa shape index (κ2) is 6.92. The van der Waals surface area contributed by atoms with Gasteiger partial charge in [-0.1, -0.05) is 0 Å². The van der Waals surface area contributed by atoms with Gasteiger partial charge in [0.05, 0.1) is 16.3 Å². The predicted octanol–water partition coefficient (Wildman–Crippen LogP) is 0.728. The van der Waals surface area contributed by atoms with Crippen LogP contribution in [0.5, 0.6) is 0 Å². The molecule has 0 spiro atoms. The van der Waals surface area contributed by atoms with E-state index in [0.29, 0.717) is 30.9 Å². The van der Waals surface area contributed by atoms with E-state index in [1.165, 1.54) is 24.5 Å². The zero-order valence-corrected chi connectivity index (χ0v) is 13.0. The van der Waals surface area contributed by atoms with Crippen molar-refractivity contribution in [2.45, 2.75) is 18.2 Å². The van der Waals surface area contributed by atoms with Gasteiger partial charge in [-0.25, -0.2) is 12.7 Å². The van der Waals surface area contributed by atoms with E-state index < -0.39 is 10.0 Å². The quantitative estimate of drug-likeness (QED) is 0.725. The summed E-state index contributed by atoms with van der Waals surface area (Å²) in [7, 11) is -0.487. The maximum atomic E-state index is 12.1. The Labute approximate surface area is 120 Å². The molecule has 0 aromatic heterocycles. The zero-order valence-electron chi connectivity index (χ0n) is 12.2. The van der Waals surface area contributed by atoms with Crippen molar-refractivity contribution in [2.75, 3.05) is 44.4 Å². The third-order valence-electron chi connectivity index (χ3n) is 3.09. The maximum absolute atomic E-state index is 12.1. The topological polar surface area (TPSA) is 86.9 Å². The molecule has 0 aliphatic heterocycles. The first-order valence-corrected chi connectivity index (χ1v) is 7.96. The first kappa shape index (κ1) is 16.7. The van der Waals surface area contributed by atoms with Gasteiger partial charge in [0.15, 0.2) is 0 Å². The van der Waals surface area contributed by atoms with Gasteiger partial charge in [0.25, 0.3) is 0 Å². The number of rotatable bonds is 7. The lowest BCUT2D eigenvalue weighted by Crippen LogP contribution is -2.27. The molecule has 0 fully saturated rings. The van der Waals surface area contributed by atoms with Crippen molar-refractivity contribution >= 4 is 21.4 Å². The van der Waals surface area contributed by atoms with Gasteiger partial charge in [-0.15, -0.1) is 0 Å². The molecule has 1 aromatic carbocycles. The number of nitrogens with zero attached hydrogens (tertiary/aromatic N) is 2. The van der Waals surface area contributed by atoms with Gasteiger partial charge in [-0.05, 0) is 31.5 Å². The van der Waals surface area contributed by atoms with Crippen molar-refractivity contribution in [1.29, 1.82) is 0 Å². The summed E-state index contributed by atoms with van der Waals surface area (Å²) in [5, 5.41) is 8.92. The van der Waals surface area contributed by atoms with Crippen LogP contribution in [0.25, 0.3) is 0 Å². The van der Waals surface area contributed by atoms with E-state index in [-0.39, 0.29) is 11.5 Å². The molecule has 0 radical (unpaired) electrons. The van der Waals surface area contributed by atoms with Crippen molar-refractivity contribution < 1.29 is 13.5 Å². The second-order valence-electron chi connectivity index (χ2n) is 4.66. The van der Waals surface area contributed by atoms with Gasteiger partial charge in [0, 0.05) is 33.8 Å². The molecule has 0 saturated carbocycles. The molecule has 0 unspecified atom stereocenters. The van der Waals surface area contributed by atoms with Crippen LogP contribution in [0.4, 0.5) is 11.4 Å². The van der Waals surface area contributed by atoms with Crippen LogP contribution in [0.15, 0.2) is 23.1 Å². The van der Waals surface area contributed by atoms with Crippen LogP contribution in [0.1, 0.15) is 13.3 Å². The molecule has 7 heteroatoms. The summed E-state index contributed by atoms with van der Waals surface area (Å²) >= 11 is 0. The molecule has 1 aromatic rings. The standard InChI is InChI=1S/C13H23N3O3S/c1-4-16(8-5-9-17)13-10-11(6-7-12(13)14)20(18,19)15(2)3/h6-7,10,17H,4-5,8-9,14H2,1-3H3. The molecule has 0 heterocycles. The Morgan fingerprint density at radius 2 is 1.95 bits per heavy atom. The molecule has 0 aliphatic rings. The highest BCUT2D eigenvalue weighted by atomic mass is 32.2. The fraction of sp³-hybridized carbons (Fsp3) is 0.538. The van der Waals surface area contributed by atoms with Crippen molar-refractivity contribution in [3.05, 3.63) is 18.2 Å². The van der Waals surface area contributed by atoms with Gasteiger partial charge >= 0.3 is 0 Å². The van der Waals surface area contributed by atoms with Crippen molar-refractivity contribution in [2.24, 2.45) is 0 Å². The minimum atomic E-state index is -3.48. The molecular weight excluding hydrogens is 278 g/mol. The molecule has 1 rings (SSSR count). The normalized spacial score (nSPS) is 11.8. The van der Waals surface area contributed by atoms with E-state index in [2.05, 4.69) is 0 Å². The van der Waals surface area contributed by atoms with Crippen LogP contribution < -0.4 is 10.6 Å². The Balaban J connectivity index is 3.21. The van der Waals surface area contributed by atoms with Gasteiger partial charge in [-0.2, -0.15) is 0 Å². The van der Waals surface area contributed by atoms with Crippen LogP contribution in [0.2, 0.25) is 0 Å². The predicted molar refractivity (Wildman–Crippen MR) is 81.3 cm³/mol. The lowest BCUT2D eigenvalue weighted by atomic mass is 10.2. The van der Waals surface area contributed by atoms with E-state index in [4.69, 9.17) is 10.8 Å². The summed E-state index contributed by atoms with van der Waals surface area (Å²) in [6.45, 7) is 3.37. The smallest absolute Gasteiger partial charge is 0.242 e.